The Kier molecular flexibility index (Phi) is 37.0. The summed E-state index contributed by atoms with van der Waals surface area (Å²) in [5, 5.41) is 46.5. The number of sulfonamides is 1. The molecule has 0 spiro atoms. The number of fused-ring (bicyclic) bond motifs is 2. The number of nitrogen functional groups attached to an aromatic ring is 3. The van der Waals surface area contributed by atoms with Crippen molar-refractivity contribution in [3.8, 4) is 0 Å². The van der Waals surface area contributed by atoms with E-state index in [1.54, 1.807) is 41.6 Å². The van der Waals surface area contributed by atoms with E-state index in [-0.39, 0.29) is 92.4 Å². The summed E-state index contributed by atoms with van der Waals surface area (Å²) in [4.78, 5) is 108. The van der Waals surface area contributed by atoms with Crippen molar-refractivity contribution in [3.05, 3.63) is 200 Å². The number of halogens is 1. The van der Waals surface area contributed by atoms with Crippen molar-refractivity contribution in [3.63, 3.8) is 0 Å². The summed E-state index contributed by atoms with van der Waals surface area (Å²) in [6.45, 7) is 14.8. The number of amides is 5. The summed E-state index contributed by atoms with van der Waals surface area (Å²) in [5.74, 6) is -0.749. The lowest BCUT2D eigenvalue weighted by atomic mass is 9.93. The number of nitrogens with zero attached hydrogens (tertiary/aromatic N) is 10. The van der Waals surface area contributed by atoms with E-state index in [4.69, 9.17) is 60.5 Å². The van der Waals surface area contributed by atoms with Gasteiger partial charge in [-0.05, 0) is 91.8 Å². The van der Waals surface area contributed by atoms with Crippen LogP contribution in [-0.4, -0.2) is 218 Å². The van der Waals surface area contributed by atoms with Gasteiger partial charge in [0.05, 0.1) is 108 Å². The highest BCUT2D eigenvalue weighted by Gasteiger charge is 2.45. The molecule has 12 atom stereocenters. The largest absolute Gasteiger partial charge is 0.444 e. The highest BCUT2D eigenvalue weighted by molar-refractivity contribution is 8.00. The number of aliphatic hydroxyl groups excluding tert-OH is 3. The van der Waals surface area contributed by atoms with Crippen molar-refractivity contribution < 1.29 is 90.1 Å². The first kappa shape index (κ1) is 97.1. The van der Waals surface area contributed by atoms with Gasteiger partial charge in [-0.1, -0.05) is 133 Å². The number of urea groups is 1. The number of alkyl carbamates (subject to hydrolysis) is 2. The second-order valence-electron chi connectivity index (χ2n) is 30.6. The Hall–Kier alpha value is -9.69. The van der Waals surface area contributed by atoms with E-state index >= 15 is 0 Å². The first-order chi connectivity index (χ1) is 58.6. The second kappa shape index (κ2) is 46.9. The molecule has 3 aliphatic rings. The normalized spacial score (nSPS) is 18.0. The maximum absolute atomic E-state index is 13.9. The number of carbonyl (C=O) groups excluding carboxylic acids is 4. The van der Waals surface area contributed by atoms with Crippen molar-refractivity contribution in [1.82, 2.24) is 69.5 Å². The minimum absolute atomic E-state index is 0.000183. The SMILES string of the molecule is CC(C)CN(C[C@@H](O)[C@H](Cc1ccccc1)NC(=O)O[C@H]1CO[C@H]2OCC[C@H]21)S(=O)(=O)c1ccc(N)cc1.CC(C)c1nc(CN(C)C(=O)N[C@H](C(=O)N[C@@H](Cc2ccccc2)C[C@H](O)[C@H](Cc2ccccc2)NC(=O)OCc2cncs2)C(C)C)cs1.C[C@H](Cn1cnc2c(N)ncnc21)OCP(=O)(O)O.Nc1nc(=O)n([C@@H]2CS[C@H](CO)O2)cc1F. The van der Waals surface area contributed by atoms with Crippen molar-refractivity contribution in [1.29, 1.82) is 0 Å². The van der Waals surface area contributed by atoms with Crippen LogP contribution in [0.5, 0.6) is 0 Å². The number of ether oxygens (including phenoxy) is 6. The van der Waals surface area contributed by atoms with Gasteiger partial charge in [0.1, 0.15) is 48.6 Å². The van der Waals surface area contributed by atoms with E-state index in [1.807, 2.05) is 124 Å². The van der Waals surface area contributed by atoms with E-state index in [0.29, 0.717) is 61.1 Å². The van der Waals surface area contributed by atoms with E-state index in [0.717, 1.165) is 49.5 Å². The number of imidazole rings is 1. The number of aliphatic hydroxyl groups is 3. The quantitative estimate of drug-likeness (QED) is 0.0133. The number of nitrogens with one attached hydrogen (secondary N) is 4. The fourth-order valence-electron chi connectivity index (χ4n) is 13.1. The fourth-order valence-corrected chi connectivity index (χ4v) is 17.5. The molecule has 3 aliphatic heterocycles. The Labute approximate surface area is 724 Å². The molecule has 0 saturated carbocycles. The lowest BCUT2D eigenvalue weighted by molar-refractivity contribution is -0.124. The summed E-state index contributed by atoms with van der Waals surface area (Å²) in [5.41, 5.74) is 22.2. The number of rotatable bonds is 35. The van der Waals surface area contributed by atoms with E-state index < -0.39 is 114 Å². The monoisotopic (exact) mass is 1800 g/mol. The molecule has 4 aromatic carbocycles. The molecule has 42 heteroatoms. The highest BCUT2D eigenvalue weighted by atomic mass is 32.2. The number of hydrogen-bond donors (Lipinski definition) is 12. The predicted octanol–water partition coefficient (Wildman–Crippen LogP) is 7.77. The van der Waals surface area contributed by atoms with Crippen molar-refractivity contribution in [2.45, 2.75) is 178 Å². The molecule has 668 valence electrons. The Morgan fingerprint density at radius 2 is 1.42 bits per heavy atom. The first-order valence-electron chi connectivity index (χ1n) is 39.7. The smallest absolute Gasteiger partial charge is 0.407 e. The van der Waals surface area contributed by atoms with Crippen LogP contribution in [0, 0.1) is 23.6 Å². The number of anilines is 3. The Morgan fingerprint density at radius 3 is 2.02 bits per heavy atom. The van der Waals surface area contributed by atoms with Crippen LogP contribution in [0.2, 0.25) is 0 Å². The van der Waals surface area contributed by atoms with E-state index in [2.05, 4.69) is 65.0 Å². The third-order valence-corrected chi connectivity index (χ3v) is 24.8. The molecular weight excluding hydrogens is 1690 g/mol. The minimum atomic E-state index is -4.16. The third kappa shape index (κ3) is 30.3. The standard InChI is InChI=1S/C37H48N6O5S2.C27H37N3O7S.C9H14N5O4P.C8H10FN3O3S/c1-24(2)33(42-36(46)43(5)20-29-22-49-35(40-29)25(3)4)34(45)39-28(16-26-12-8-6-9-13-26)18-32(44)31(17-27-14-10-7-11-15-27)41-37(47)48-21-30-19-38-23-50-30;1-18(2)15-30(38(33,34)21-10-8-20(28)9-11-21)16-24(31)23(14-19-6-4-3-5-7-19)29-27(32)37-25-17-36-26-22(25)12-13-35-26;1-6(18-5-19(15,16)17)2-14-4-13-7-8(10)11-3-12-9(7)14;9-4-1-12(8(14)11-7(4)10)5-3-16-6(2-13)15-5/h6-15,19,22-25,28,31-33,44H,16-18,20-21H2,1-5H3,(H,39,45)(H,41,47)(H,42,46);3-11,18,22-26,31H,12-17,28H2,1-2H3,(H,29,32);3-4,6H,2,5H2,1H3,(H2,10,11,12)(H2,15,16,17);1,5-6,13H,2-3H2,(H2,10,11,14)/t28-,31-,32-,33-;22-,23-,24+,25-,26+;6-;5-,6+/m0010/s1. The maximum Gasteiger partial charge on any atom is 0.407 e. The van der Waals surface area contributed by atoms with E-state index in [1.165, 1.54) is 69.2 Å². The number of nitrogens with two attached hydrogens (primary N) is 3. The number of thiazole rings is 2. The van der Waals surface area contributed by atoms with Gasteiger partial charge < -0.3 is 101 Å². The Morgan fingerprint density at radius 1 is 0.780 bits per heavy atom. The van der Waals surface area contributed by atoms with Gasteiger partial charge in [0.15, 0.2) is 29.4 Å². The van der Waals surface area contributed by atoms with Crippen LogP contribution in [0.15, 0.2) is 161 Å². The third-order valence-electron chi connectivity index (χ3n) is 19.5. The van der Waals surface area contributed by atoms with Gasteiger partial charge in [0.2, 0.25) is 15.9 Å². The zero-order chi connectivity index (χ0) is 89.1. The molecule has 3 fully saturated rings. The fraction of sp³-hybridized carbons (Fsp3) is 0.469. The molecule has 8 heterocycles. The number of benzene rings is 4. The van der Waals surface area contributed by atoms with Crippen LogP contribution in [-0.2, 0) is 86.8 Å². The summed E-state index contributed by atoms with van der Waals surface area (Å²) < 4.78 is 87.3. The van der Waals surface area contributed by atoms with Crippen molar-refractivity contribution in [2.75, 3.05) is 69.3 Å². The average molecular weight is 1800 g/mol. The molecule has 0 aliphatic carbocycles. The van der Waals surface area contributed by atoms with Crippen LogP contribution < -0.4 is 44.2 Å². The Bertz CT molecular complexity index is 5030. The minimum Gasteiger partial charge on any atom is -0.444 e. The molecule has 5 amide bonds. The van der Waals surface area contributed by atoms with Crippen LogP contribution in [0.1, 0.15) is 106 Å². The average Bonchev–Trinajstić information content (AvgIpc) is 1.71. The van der Waals surface area contributed by atoms with Gasteiger partial charge in [-0.3, -0.25) is 18.9 Å². The molecule has 9 aromatic rings. The number of thioether (sulfide) groups is 1. The molecule has 36 nitrogen and oxygen atoms in total. The molecular formula is C81H109FN17O19PS4. The molecule has 123 heavy (non-hydrogen) atoms. The van der Waals surface area contributed by atoms with Gasteiger partial charge in [-0.2, -0.15) is 9.29 Å². The summed E-state index contributed by atoms with van der Waals surface area (Å²) in [6, 6.07) is 31.3. The van der Waals surface area contributed by atoms with Crippen molar-refractivity contribution >= 4 is 105 Å². The van der Waals surface area contributed by atoms with Gasteiger partial charge in [-0.15, -0.1) is 34.4 Å². The summed E-state index contributed by atoms with van der Waals surface area (Å²) >= 11 is 4.30. The zero-order valence-corrected chi connectivity index (χ0v) is 73.5. The van der Waals surface area contributed by atoms with Gasteiger partial charge >= 0.3 is 31.5 Å². The van der Waals surface area contributed by atoms with Gasteiger partial charge in [0, 0.05) is 55.1 Å². The predicted molar refractivity (Wildman–Crippen MR) is 462 cm³/mol. The van der Waals surface area contributed by atoms with Crippen LogP contribution in [0.25, 0.3) is 11.2 Å². The lowest BCUT2D eigenvalue weighted by Crippen LogP contribution is -2.55. The topological polar surface area (TPSA) is 513 Å². The highest BCUT2D eigenvalue weighted by Crippen LogP contribution is 2.36. The van der Waals surface area contributed by atoms with Gasteiger partial charge in [-0.25, -0.2) is 51.9 Å². The molecule has 0 radical (unpaired) electrons. The first-order valence-corrected chi connectivity index (χ1v) is 45.7. The van der Waals surface area contributed by atoms with Crippen LogP contribution in [0.3, 0.4) is 0 Å². The summed E-state index contributed by atoms with van der Waals surface area (Å²) in [6.07, 6.45) is 1.35. The van der Waals surface area contributed by atoms with Crippen LogP contribution >= 0.6 is 42.0 Å². The van der Waals surface area contributed by atoms with E-state index in [9.17, 15) is 51.6 Å². The lowest BCUT2D eigenvalue weighted by Gasteiger charge is -2.31. The molecule has 0 unspecified atom stereocenters. The summed E-state index contributed by atoms with van der Waals surface area (Å²) in [7, 11) is -6.41. The number of hydrogen-bond acceptors (Lipinski definition) is 29. The number of aromatic nitrogens is 8. The van der Waals surface area contributed by atoms with Crippen molar-refractivity contribution in [2.24, 2.45) is 17.8 Å². The zero-order valence-electron chi connectivity index (χ0n) is 69.3. The molecule has 12 rings (SSSR count). The Balaban J connectivity index is 0.000000204. The molecule has 3 saturated heterocycles. The molecule has 5 aromatic heterocycles. The maximum atomic E-state index is 13.9. The molecule has 15 N–H and O–H groups in total. The van der Waals surface area contributed by atoms with Gasteiger partial charge in [0.25, 0.3) is 0 Å². The number of carbonyl (C=O) groups is 4. The molecule has 0 bridgehead atoms. The second-order valence-corrected chi connectivity index (χ2v) is 37.2. The van der Waals surface area contributed by atoms with Crippen LogP contribution in [0.4, 0.5) is 36.1 Å².